The maximum absolute atomic E-state index is 12.9. The summed E-state index contributed by atoms with van der Waals surface area (Å²) in [6, 6.07) is 2.98. The molecule has 1 atom stereocenters. The molecule has 0 radical (unpaired) electrons. The molecule has 2 heterocycles. The van der Waals surface area contributed by atoms with Gasteiger partial charge in [-0.3, -0.25) is 14.4 Å². The van der Waals surface area contributed by atoms with E-state index in [0.29, 0.717) is 43.7 Å². The second-order valence-corrected chi connectivity index (χ2v) is 9.30. The highest BCUT2D eigenvalue weighted by atomic mass is 32.2. The Bertz CT molecular complexity index is 1020. The van der Waals surface area contributed by atoms with E-state index < -0.39 is 16.1 Å². The summed E-state index contributed by atoms with van der Waals surface area (Å²) in [6.07, 6.45) is 4.80. The van der Waals surface area contributed by atoms with Crippen LogP contribution in [-0.2, 0) is 21.2 Å². The molecule has 3 amide bonds. The minimum Gasteiger partial charge on any atom is -0.493 e. The number of amides is 3. The van der Waals surface area contributed by atoms with Crippen molar-refractivity contribution < 1.29 is 22.7 Å². The average Bonchev–Trinajstić information content (AvgIpc) is 3.18. The van der Waals surface area contributed by atoms with Gasteiger partial charge in [-0.25, -0.2) is 13.2 Å². The van der Waals surface area contributed by atoms with Gasteiger partial charge in [-0.2, -0.15) is 0 Å². The highest BCUT2D eigenvalue weighted by molar-refractivity contribution is 7.91. The second-order valence-electron chi connectivity index (χ2n) is 7.24. The maximum Gasteiger partial charge on any atom is 0.324 e. The molecule has 0 spiro atoms. The van der Waals surface area contributed by atoms with Gasteiger partial charge in [0, 0.05) is 26.2 Å². The molecule has 2 aliphatic rings. The molecule has 1 aromatic carbocycles. The Balaban J connectivity index is 1.77. The molecule has 2 aliphatic heterocycles. The average molecular weight is 467 g/mol. The number of carbonyl (C=O) groups excluding carboxylic acids is 2. The molecular formula is C20H26N4O5S2. The Morgan fingerprint density at radius 3 is 2.77 bits per heavy atom. The van der Waals surface area contributed by atoms with E-state index in [1.54, 1.807) is 25.3 Å². The van der Waals surface area contributed by atoms with Crippen LogP contribution in [0.15, 0.2) is 29.2 Å². The number of hydrogen-bond donors (Lipinski definition) is 3. The summed E-state index contributed by atoms with van der Waals surface area (Å²) in [7, 11) is -2.31. The summed E-state index contributed by atoms with van der Waals surface area (Å²) in [5.74, 6) is 0.337. The maximum atomic E-state index is 12.9. The molecule has 9 nitrogen and oxygen atoms in total. The number of thiocarbonyl (C=S) groups is 1. The van der Waals surface area contributed by atoms with Gasteiger partial charge in [0.1, 0.15) is 5.75 Å². The Kier molecular flexibility index (Phi) is 7.16. The van der Waals surface area contributed by atoms with Gasteiger partial charge < -0.3 is 15.4 Å². The number of nitrogens with zero attached hydrogens (tertiary/aromatic N) is 1. The van der Waals surface area contributed by atoms with Crippen LogP contribution in [-0.4, -0.2) is 57.1 Å². The molecule has 0 bridgehead atoms. The van der Waals surface area contributed by atoms with Crippen molar-refractivity contribution in [3.8, 4) is 5.75 Å². The third-order valence-corrected chi connectivity index (χ3v) is 7.18. The lowest BCUT2D eigenvalue weighted by molar-refractivity contribution is -0.122. The number of urea groups is 1. The van der Waals surface area contributed by atoms with Crippen LogP contribution >= 0.6 is 12.2 Å². The zero-order valence-electron chi connectivity index (χ0n) is 17.4. The number of sulfonamides is 1. The lowest BCUT2D eigenvalue weighted by Crippen LogP contribution is -2.41. The van der Waals surface area contributed by atoms with Crippen LogP contribution in [0.25, 0.3) is 0 Å². The lowest BCUT2D eigenvalue weighted by Gasteiger charge is -2.28. The molecule has 3 N–H and O–H groups in total. The van der Waals surface area contributed by atoms with Crippen LogP contribution in [0, 0.1) is 0 Å². The number of benzene rings is 1. The second kappa shape index (κ2) is 9.65. The number of nitrogens with one attached hydrogen (secondary N) is 3. The first-order chi connectivity index (χ1) is 14.8. The van der Waals surface area contributed by atoms with Crippen LogP contribution in [0.3, 0.4) is 0 Å². The summed E-state index contributed by atoms with van der Waals surface area (Å²) in [5, 5.41) is 5.39. The van der Waals surface area contributed by atoms with Crippen molar-refractivity contribution in [3.05, 3.63) is 35.4 Å². The molecular weight excluding hydrogens is 440 g/mol. The van der Waals surface area contributed by atoms with E-state index in [9.17, 15) is 18.0 Å². The van der Waals surface area contributed by atoms with E-state index in [0.717, 1.165) is 10.5 Å². The molecule has 0 saturated carbocycles. The summed E-state index contributed by atoms with van der Waals surface area (Å²) < 4.78 is 33.9. The van der Waals surface area contributed by atoms with Crippen molar-refractivity contribution in [1.29, 1.82) is 0 Å². The summed E-state index contributed by atoms with van der Waals surface area (Å²) in [4.78, 5) is 25.1. The number of ether oxygens (including phenoxy) is 1. The Morgan fingerprint density at radius 1 is 1.35 bits per heavy atom. The molecule has 0 saturated heterocycles. The zero-order valence-corrected chi connectivity index (χ0v) is 19.1. The predicted molar refractivity (Wildman–Crippen MR) is 120 cm³/mol. The fraction of sp³-hybridized carbons (Fsp3) is 0.450. The molecule has 168 valence electrons. The van der Waals surface area contributed by atoms with Gasteiger partial charge in [0.15, 0.2) is 5.11 Å². The van der Waals surface area contributed by atoms with Gasteiger partial charge in [-0.1, -0.05) is 13.0 Å². The fourth-order valence-corrected chi connectivity index (χ4v) is 5.27. The van der Waals surface area contributed by atoms with Crippen LogP contribution in [0.2, 0.25) is 0 Å². The zero-order chi connectivity index (χ0) is 22.6. The van der Waals surface area contributed by atoms with Crippen molar-refractivity contribution in [1.82, 2.24) is 20.3 Å². The van der Waals surface area contributed by atoms with Crippen molar-refractivity contribution in [3.63, 3.8) is 0 Å². The predicted octanol–water partition coefficient (Wildman–Crippen LogP) is 1.40. The van der Waals surface area contributed by atoms with E-state index in [4.69, 9.17) is 17.0 Å². The van der Waals surface area contributed by atoms with Gasteiger partial charge in [-0.15, -0.1) is 0 Å². The topological polar surface area (TPSA) is 117 Å². The van der Waals surface area contributed by atoms with Gasteiger partial charge >= 0.3 is 6.03 Å². The largest absolute Gasteiger partial charge is 0.493 e. The molecule has 3 rings (SSSR count). The van der Waals surface area contributed by atoms with Crippen molar-refractivity contribution in [2.24, 2.45) is 0 Å². The van der Waals surface area contributed by atoms with E-state index in [-0.39, 0.29) is 28.4 Å². The molecule has 31 heavy (non-hydrogen) atoms. The minimum absolute atomic E-state index is 0.00700. The first-order valence-electron chi connectivity index (χ1n) is 10.1. The van der Waals surface area contributed by atoms with E-state index in [1.165, 1.54) is 6.08 Å². The first-order valence-corrected chi connectivity index (χ1v) is 12.0. The van der Waals surface area contributed by atoms with Crippen LogP contribution in [0.5, 0.6) is 5.75 Å². The van der Waals surface area contributed by atoms with Crippen molar-refractivity contribution in [2.45, 2.75) is 37.0 Å². The van der Waals surface area contributed by atoms with E-state index in [1.807, 2.05) is 6.92 Å². The molecule has 1 aromatic rings. The normalized spacial score (nSPS) is 17.7. The SMILES string of the molecule is CCc1cc2c(cc1S(=O)(=O)NC(=S)NC)C(CCNC(=O)N1CC=CC1=O)CCO2. The Labute approximate surface area is 187 Å². The summed E-state index contributed by atoms with van der Waals surface area (Å²) in [6.45, 7) is 3.01. The molecule has 0 aliphatic carbocycles. The van der Waals surface area contributed by atoms with Crippen molar-refractivity contribution in [2.75, 3.05) is 26.7 Å². The molecule has 1 unspecified atom stereocenters. The van der Waals surface area contributed by atoms with Crippen molar-refractivity contribution >= 4 is 39.3 Å². The summed E-state index contributed by atoms with van der Waals surface area (Å²) >= 11 is 4.96. The van der Waals surface area contributed by atoms with Crippen LogP contribution in [0.4, 0.5) is 4.79 Å². The highest BCUT2D eigenvalue weighted by Gasteiger charge is 2.28. The number of rotatable bonds is 6. The summed E-state index contributed by atoms with van der Waals surface area (Å²) in [5.41, 5.74) is 1.42. The number of aryl methyl sites for hydroxylation is 1. The number of fused-ring (bicyclic) bond motifs is 1. The standard InChI is InChI=1S/C20H26N4O5S2/c1-3-13-11-16-15(12-17(13)31(27,28)23-19(30)21-2)14(7-10-29-16)6-8-22-20(26)24-9-4-5-18(24)25/h4-5,11-12,14H,3,6-10H2,1-2H3,(H,22,26)(H2,21,23,30). The quantitative estimate of drug-likeness (QED) is 0.543. The lowest BCUT2D eigenvalue weighted by atomic mass is 9.89. The van der Waals surface area contributed by atoms with Gasteiger partial charge in [0.25, 0.3) is 15.9 Å². The molecule has 11 heteroatoms. The molecule has 0 aromatic heterocycles. The van der Waals surface area contributed by atoms with Crippen LogP contribution < -0.4 is 20.1 Å². The number of hydrogen-bond acceptors (Lipinski definition) is 6. The van der Waals surface area contributed by atoms with Gasteiger partial charge in [0.2, 0.25) is 0 Å². The highest BCUT2D eigenvalue weighted by Crippen LogP contribution is 2.38. The smallest absolute Gasteiger partial charge is 0.324 e. The fourth-order valence-electron chi connectivity index (χ4n) is 3.65. The Morgan fingerprint density at radius 2 is 2.13 bits per heavy atom. The van der Waals surface area contributed by atoms with Gasteiger partial charge in [0.05, 0.1) is 11.5 Å². The number of carbonyl (C=O) groups is 2. The van der Waals surface area contributed by atoms with E-state index in [2.05, 4.69) is 15.4 Å². The first kappa shape index (κ1) is 23.0. The third kappa shape index (κ3) is 5.16. The Hall–Kier alpha value is -2.66. The van der Waals surface area contributed by atoms with Gasteiger partial charge in [-0.05, 0) is 60.7 Å². The van der Waals surface area contributed by atoms with Crippen LogP contribution in [0.1, 0.15) is 36.8 Å². The number of imide groups is 1. The minimum atomic E-state index is -3.85. The van der Waals surface area contributed by atoms with E-state index >= 15 is 0 Å². The molecule has 0 fully saturated rings. The third-order valence-electron chi connectivity index (χ3n) is 5.31. The monoisotopic (exact) mass is 466 g/mol.